The second-order valence-electron chi connectivity index (χ2n) is 4.87. The maximum absolute atomic E-state index is 13.4. The minimum Gasteiger partial charge on any atom is -0.324 e. The molecule has 2 N–H and O–H groups in total. The average molecular weight is 392 g/mol. The SMILES string of the molecule is O=C(CCC(=O)Nc1ccccc1F)NN=Cc1ccc(Br)cc1. The van der Waals surface area contributed by atoms with Crippen LogP contribution in [0.3, 0.4) is 0 Å². The van der Waals surface area contributed by atoms with Crippen LogP contribution in [0.5, 0.6) is 0 Å². The third kappa shape index (κ3) is 5.92. The number of anilines is 1. The van der Waals surface area contributed by atoms with Crippen molar-refractivity contribution < 1.29 is 14.0 Å². The second-order valence-corrected chi connectivity index (χ2v) is 5.79. The molecule has 0 aromatic heterocycles. The molecule has 0 saturated carbocycles. The number of nitrogens with one attached hydrogen (secondary N) is 2. The van der Waals surface area contributed by atoms with Crippen LogP contribution in [0, 0.1) is 5.82 Å². The van der Waals surface area contributed by atoms with E-state index in [4.69, 9.17) is 0 Å². The molecule has 0 unspecified atom stereocenters. The number of benzene rings is 2. The third-order valence-electron chi connectivity index (χ3n) is 3.00. The first-order valence-electron chi connectivity index (χ1n) is 7.16. The number of hydrogen-bond acceptors (Lipinski definition) is 3. The van der Waals surface area contributed by atoms with Gasteiger partial charge in [0.25, 0.3) is 0 Å². The van der Waals surface area contributed by atoms with E-state index in [2.05, 4.69) is 31.8 Å². The first-order chi connectivity index (χ1) is 11.5. The van der Waals surface area contributed by atoms with Gasteiger partial charge in [0.15, 0.2) is 0 Å². The van der Waals surface area contributed by atoms with Gasteiger partial charge < -0.3 is 5.32 Å². The van der Waals surface area contributed by atoms with Gasteiger partial charge in [-0.3, -0.25) is 9.59 Å². The molecule has 24 heavy (non-hydrogen) atoms. The third-order valence-corrected chi connectivity index (χ3v) is 3.53. The molecule has 0 aliphatic carbocycles. The molecule has 2 rings (SSSR count). The van der Waals surface area contributed by atoms with Crippen LogP contribution in [0.15, 0.2) is 58.1 Å². The summed E-state index contributed by atoms with van der Waals surface area (Å²) in [5.74, 6) is -1.35. The number of para-hydroxylation sites is 1. The number of amides is 2. The standard InChI is InChI=1S/C17H15BrFN3O2/c18-13-7-5-12(6-8-13)11-20-22-17(24)10-9-16(23)21-15-4-2-1-3-14(15)19/h1-8,11H,9-10H2,(H,21,23)(H,22,24). The lowest BCUT2D eigenvalue weighted by atomic mass is 10.2. The maximum atomic E-state index is 13.4. The highest BCUT2D eigenvalue weighted by Gasteiger charge is 2.08. The van der Waals surface area contributed by atoms with E-state index in [0.717, 1.165) is 10.0 Å². The lowest BCUT2D eigenvalue weighted by molar-refractivity contribution is -0.124. The van der Waals surface area contributed by atoms with E-state index in [0.29, 0.717) is 0 Å². The van der Waals surface area contributed by atoms with E-state index in [1.807, 2.05) is 24.3 Å². The Kier molecular flexibility index (Phi) is 6.62. The van der Waals surface area contributed by atoms with Crippen molar-refractivity contribution in [2.24, 2.45) is 5.10 Å². The van der Waals surface area contributed by atoms with Crippen LogP contribution in [0.1, 0.15) is 18.4 Å². The van der Waals surface area contributed by atoms with Crippen molar-refractivity contribution in [2.45, 2.75) is 12.8 Å². The van der Waals surface area contributed by atoms with Crippen LogP contribution in [0.25, 0.3) is 0 Å². The summed E-state index contributed by atoms with van der Waals surface area (Å²) in [6.07, 6.45) is 1.40. The molecule has 5 nitrogen and oxygen atoms in total. The summed E-state index contributed by atoms with van der Waals surface area (Å²) in [7, 11) is 0. The summed E-state index contributed by atoms with van der Waals surface area (Å²) < 4.78 is 14.3. The fourth-order valence-corrected chi connectivity index (χ4v) is 2.05. The fourth-order valence-electron chi connectivity index (χ4n) is 1.79. The van der Waals surface area contributed by atoms with Gasteiger partial charge in [-0.1, -0.05) is 40.2 Å². The molecule has 2 amide bonds. The molecule has 0 radical (unpaired) electrons. The minimum absolute atomic E-state index is 0.0437. The van der Waals surface area contributed by atoms with Gasteiger partial charge in [0.2, 0.25) is 11.8 Å². The molecule has 0 atom stereocenters. The number of halogens is 2. The summed E-state index contributed by atoms with van der Waals surface area (Å²) in [6.45, 7) is 0. The number of rotatable bonds is 6. The first kappa shape index (κ1) is 17.8. The van der Waals surface area contributed by atoms with Crippen molar-refractivity contribution in [3.8, 4) is 0 Å². The molecule has 0 fully saturated rings. The molecule has 0 bridgehead atoms. The molecule has 7 heteroatoms. The monoisotopic (exact) mass is 391 g/mol. The van der Waals surface area contributed by atoms with E-state index in [1.54, 1.807) is 6.07 Å². The Labute approximate surface area is 147 Å². The zero-order valence-electron chi connectivity index (χ0n) is 12.6. The average Bonchev–Trinajstić information content (AvgIpc) is 2.57. The van der Waals surface area contributed by atoms with Gasteiger partial charge in [-0.2, -0.15) is 5.10 Å². The number of carbonyl (C=O) groups excluding carboxylic acids is 2. The number of hydrazone groups is 1. The highest BCUT2D eigenvalue weighted by molar-refractivity contribution is 9.10. The van der Waals surface area contributed by atoms with Crippen molar-refractivity contribution in [2.75, 3.05) is 5.32 Å². The second kappa shape index (κ2) is 8.93. The van der Waals surface area contributed by atoms with E-state index in [-0.39, 0.29) is 18.5 Å². The highest BCUT2D eigenvalue weighted by Crippen LogP contribution is 2.12. The van der Waals surface area contributed by atoms with E-state index in [9.17, 15) is 14.0 Å². The Balaban J connectivity index is 1.73. The molecule has 2 aromatic carbocycles. The van der Waals surface area contributed by atoms with Gasteiger partial charge >= 0.3 is 0 Å². The summed E-state index contributed by atoms with van der Waals surface area (Å²) in [6, 6.07) is 13.2. The molecule has 124 valence electrons. The fraction of sp³-hybridized carbons (Fsp3) is 0.118. The highest BCUT2D eigenvalue weighted by atomic mass is 79.9. The van der Waals surface area contributed by atoms with Gasteiger partial charge in [0.05, 0.1) is 11.9 Å². The molecular weight excluding hydrogens is 377 g/mol. The normalized spacial score (nSPS) is 10.6. The van der Waals surface area contributed by atoms with Crippen molar-refractivity contribution in [3.63, 3.8) is 0 Å². The Morgan fingerprint density at radius 2 is 1.71 bits per heavy atom. The zero-order chi connectivity index (χ0) is 17.4. The Morgan fingerprint density at radius 3 is 2.42 bits per heavy atom. The maximum Gasteiger partial charge on any atom is 0.240 e. The largest absolute Gasteiger partial charge is 0.324 e. The van der Waals surface area contributed by atoms with Crippen molar-refractivity contribution in [3.05, 3.63) is 64.4 Å². The zero-order valence-corrected chi connectivity index (χ0v) is 14.2. The Morgan fingerprint density at radius 1 is 1.04 bits per heavy atom. The number of hydrogen-bond donors (Lipinski definition) is 2. The molecule has 0 aliphatic rings. The molecule has 0 spiro atoms. The summed E-state index contributed by atoms with van der Waals surface area (Å²) in [4.78, 5) is 23.3. The van der Waals surface area contributed by atoms with Crippen LogP contribution in [0.2, 0.25) is 0 Å². The van der Waals surface area contributed by atoms with Crippen LogP contribution in [-0.4, -0.2) is 18.0 Å². The van der Waals surface area contributed by atoms with Crippen LogP contribution < -0.4 is 10.7 Å². The van der Waals surface area contributed by atoms with Gasteiger partial charge in [0, 0.05) is 17.3 Å². The minimum atomic E-state index is -0.519. The molecule has 0 saturated heterocycles. The van der Waals surface area contributed by atoms with Crippen LogP contribution in [0.4, 0.5) is 10.1 Å². The van der Waals surface area contributed by atoms with E-state index >= 15 is 0 Å². The van der Waals surface area contributed by atoms with Gasteiger partial charge in [-0.05, 0) is 29.8 Å². The molecular formula is C17H15BrFN3O2. The predicted octanol–water partition coefficient (Wildman–Crippen LogP) is 3.46. The number of nitrogens with zero attached hydrogens (tertiary/aromatic N) is 1. The predicted molar refractivity (Wildman–Crippen MR) is 94.1 cm³/mol. The molecule has 0 aliphatic heterocycles. The summed E-state index contributed by atoms with van der Waals surface area (Å²) in [5.41, 5.74) is 3.26. The van der Waals surface area contributed by atoms with Gasteiger partial charge in [-0.25, -0.2) is 9.82 Å². The van der Waals surface area contributed by atoms with Crippen molar-refractivity contribution >= 4 is 39.6 Å². The van der Waals surface area contributed by atoms with Crippen LogP contribution in [-0.2, 0) is 9.59 Å². The first-order valence-corrected chi connectivity index (χ1v) is 7.96. The topological polar surface area (TPSA) is 70.6 Å². The van der Waals surface area contributed by atoms with Crippen molar-refractivity contribution in [1.82, 2.24) is 5.43 Å². The number of carbonyl (C=O) groups is 2. The van der Waals surface area contributed by atoms with E-state index < -0.39 is 17.6 Å². The summed E-state index contributed by atoms with van der Waals surface area (Å²) in [5, 5.41) is 6.23. The Bertz CT molecular complexity index is 748. The summed E-state index contributed by atoms with van der Waals surface area (Å²) >= 11 is 3.32. The van der Waals surface area contributed by atoms with Gasteiger partial charge in [-0.15, -0.1) is 0 Å². The van der Waals surface area contributed by atoms with Crippen molar-refractivity contribution in [1.29, 1.82) is 0 Å². The quantitative estimate of drug-likeness (QED) is 0.584. The van der Waals surface area contributed by atoms with Crippen LogP contribution >= 0.6 is 15.9 Å². The molecule has 0 heterocycles. The lowest BCUT2D eigenvalue weighted by Crippen LogP contribution is -2.20. The molecule has 2 aromatic rings. The Hall–Kier alpha value is -2.54. The lowest BCUT2D eigenvalue weighted by Gasteiger charge is -2.05. The van der Waals surface area contributed by atoms with E-state index in [1.165, 1.54) is 24.4 Å². The van der Waals surface area contributed by atoms with Gasteiger partial charge in [0.1, 0.15) is 5.82 Å². The smallest absolute Gasteiger partial charge is 0.240 e.